The summed E-state index contributed by atoms with van der Waals surface area (Å²) in [6.45, 7) is 0. The fourth-order valence-corrected chi connectivity index (χ4v) is 5.99. The van der Waals surface area contributed by atoms with E-state index in [-0.39, 0.29) is 0 Å². The lowest BCUT2D eigenvalue weighted by Crippen LogP contribution is -1.96. The van der Waals surface area contributed by atoms with Crippen LogP contribution in [0.1, 0.15) is 0 Å². The first-order valence-corrected chi connectivity index (χ1v) is 12.8. The SMILES string of the molecule is Brc1ccc2c(c1)c1ccccc1n2-c1cccc2c1c1cc(Br)ccc1n2-c1ccccc1. The van der Waals surface area contributed by atoms with Gasteiger partial charge in [-0.15, -0.1) is 0 Å². The molecule has 0 spiro atoms. The molecule has 2 nitrogen and oxygen atoms in total. The lowest BCUT2D eigenvalue weighted by Gasteiger charge is -2.11. The van der Waals surface area contributed by atoms with Crippen molar-refractivity contribution < 1.29 is 0 Å². The number of aromatic nitrogens is 2. The normalized spacial score (nSPS) is 11.8. The topological polar surface area (TPSA) is 9.86 Å². The number of hydrogen-bond donors (Lipinski definition) is 0. The van der Waals surface area contributed by atoms with E-state index in [1.54, 1.807) is 0 Å². The third-order valence-corrected chi connectivity index (χ3v) is 7.61. The van der Waals surface area contributed by atoms with Crippen LogP contribution in [-0.2, 0) is 0 Å². The van der Waals surface area contributed by atoms with Crippen molar-refractivity contribution in [2.24, 2.45) is 0 Å². The Balaban J connectivity index is 1.70. The molecule has 5 aromatic carbocycles. The van der Waals surface area contributed by atoms with E-state index in [1.807, 2.05) is 0 Å². The standard InChI is InChI=1S/C30H18Br2N2/c31-19-13-15-26-23(17-19)22-9-4-5-10-25(22)34(26)29-12-6-11-28-30(29)24-18-20(32)14-16-27(24)33(28)21-7-2-1-3-8-21/h1-18H. The Labute approximate surface area is 213 Å². The van der Waals surface area contributed by atoms with Crippen LogP contribution in [0.2, 0.25) is 0 Å². The molecule has 34 heavy (non-hydrogen) atoms. The van der Waals surface area contributed by atoms with Crippen LogP contribution >= 0.6 is 31.9 Å². The average molecular weight is 566 g/mol. The molecule has 0 radical (unpaired) electrons. The van der Waals surface area contributed by atoms with Gasteiger partial charge in [-0.1, -0.05) is 74.3 Å². The van der Waals surface area contributed by atoms with Gasteiger partial charge in [0.15, 0.2) is 0 Å². The first-order valence-electron chi connectivity index (χ1n) is 11.2. The zero-order valence-corrected chi connectivity index (χ0v) is 21.2. The van der Waals surface area contributed by atoms with E-state index in [0.717, 1.165) is 14.6 Å². The first-order chi connectivity index (χ1) is 16.7. The van der Waals surface area contributed by atoms with Gasteiger partial charge in [-0.2, -0.15) is 0 Å². The molecule has 7 rings (SSSR count). The Kier molecular flexibility index (Phi) is 4.48. The summed E-state index contributed by atoms with van der Waals surface area (Å²) < 4.78 is 6.94. The minimum absolute atomic E-state index is 1.08. The van der Waals surface area contributed by atoms with Crippen LogP contribution in [0.25, 0.3) is 55.0 Å². The van der Waals surface area contributed by atoms with Gasteiger partial charge in [0.2, 0.25) is 0 Å². The fourth-order valence-electron chi connectivity index (χ4n) is 5.27. The van der Waals surface area contributed by atoms with Gasteiger partial charge in [0, 0.05) is 36.2 Å². The van der Waals surface area contributed by atoms with Crippen LogP contribution in [0.4, 0.5) is 0 Å². The van der Waals surface area contributed by atoms with Gasteiger partial charge in [0.1, 0.15) is 0 Å². The second kappa shape index (κ2) is 7.59. The highest BCUT2D eigenvalue weighted by Gasteiger charge is 2.19. The molecule has 0 atom stereocenters. The highest BCUT2D eigenvalue weighted by molar-refractivity contribution is 9.10. The maximum atomic E-state index is 3.72. The number of nitrogens with zero attached hydrogens (tertiary/aromatic N) is 2. The van der Waals surface area contributed by atoms with Crippen molar-refractivity contribution in [3.63, 3.8) is 0 Å². The van der Waals surface area contributed by atoms with Crippen molar-refractivity contribution in [1.29, 1.82) is 0 Å². The molecule has 0 fully saturated rings. The number of halogens is 2. The Morgan fingerprint density at radius 2 is 1.06 bits per heavy atom. The Morgan fingerprint density at radius 3 is 1.85 bits per heavy atom. The molecular formula is C30H18Br2N2. The molecule has 4 heteroatoms. The lowest BCUT2D eigenvalue weighted by atomic mass is 10.1. The number of rotatable bonds is 2. The smallest absolute Gasteiger partial charge is 0.0562 e. The largest absolute Gasteiger partial charge is 0.309 e. The molecule has 0 saturated carbocycles. The van der Waals surface area contributed by atoms with Crippen molar-refractivity contribution in [3.05, 3.63) is 118 Å². The third-order valence-electron chi connectivity index (χ3n) is 6.62. The number of hydrogen-bond acceptors (Lipinski definition) is 0. The first kappa shape index (κ1) is 20.1. The highest BCUT2D eigenvalue weighted by atomic mass is 79.9. The average Bonchev–Trinajstić information content (AvgIpc) is 3.37. The molecule has 7 aromatic rings. The summed E-state index contributed by atoms with van der Waals surface area (Å²) in [5, 5.41) is 4.97. The third kappa shape index (κ3) is 2.85. The van der Waals surface area contributed by atoms with E-state index in [2.05, 4.69) is 150 Å². The van der Waals surface area contributed by atoms with Crippen molar-refractivity contribution in [2.45, 2.75) is 0 Å². The lowest BCUT2D eigenvalue weighted by molar-refractivity contribution is 1.17. The summed E-state index contributed by atoms with van der Waals surface area (Å²) in [6.07, 6.45) is 0. The van der Waals surface area contributed by atoms with Crippen LogP contribution in [0.15, 0.2) is 118 Å². The van der Waals surface area contributed by atoms with Crippen LogP contribution in [-0.4, -0.2) is 9.13 Å². The van der Waals surface area contributed by atoms with Gasteiger partial charge >= 0.3 is 0 Å². The summed E-state index contributed by atoms with van der Waals surface area (Å²) in [4.78, 5) is 0. The Morgan fingerprint density at radius 1 is 0.441 bits per heavy atom. The van der Waals surface area contributed by atoms with Crippen LogP contribution < -0.4 is 0 Å². The molecule has 0 aliphatic heterocycles. The van der Waals surface area contributed by atoms with Gasteiger partial charge < -0.3 is 9.13 Å². The monoisotopic (exact) mass is 564 g/mol. The second-order valence-electron chi connectivity index (χ2n) is 8.52. The quantitative estimate of drug-likeness (QED) is 0.197. The minimum Gasteiger partial charge on any atom is -0.309 e. The summed E-state index contributed by atoms with van der Waals surface area (Å²) in [6, 6.07) is 39.0. The van der Waals surface area contributed by atoms with E-state index in [0.29, 0.717) is 0 Å². The summed E-state index contributed by atoms with van der Waals surface area (Å²) in [7, 11) is 0. The minimum atomic E-state index is 1.08. The molecule has 0 amide bonds. The zero-order valence-electron chi connectivity index (χ0n) is 18.0. The van der Waals surface area contributed by atoms with Gasteiger partial charge in [-0.05, 0) is 66.7 Å². The van der Waals surface area contributed by atoms with Crippen molar-refractivity contribution >= 4 is 75.5 Å². The van der Waals surface area contributed by atoms with E-state index < -0.39 is 0 Å². The van der Waals surface area contributed by atoms with Crippen molar-refractivity contribution in [2.75, 3.05) is 0 Å². The van der Waals surface area contributed by atoms with E-state index in [1.165, 1.54) is 49.3 Å². The fraction of sp³-hybridized carbons (Fsp3) is 0. The number of para-hydroxylation sites is 2. The molecule has 2 aromatic heterocycles. The Hall–Kier alpha value is -3.34. The zero-order chi connectivity index (χ0) is 22.8. The summed E-state index contributed by atoms with van der Waals surface area (Å²) >= 11 is 7.40. The maximum absolute atomic E-state index is 3.72. The predicted octanol–water partition coefficient (Wildman–Crippen LogP) is 9.41. The van der Waals surface area contributed by atoms with Gasteiger partial charge in [0.25, 0.3) is 0 Å². The van der Waals surface area contributed by atoms with E-state index >= 15 is 0 Å². The van der Waals surface area contributed by atoms with Crippen LogP contribution in [0.3, 0.4) is 0 Å². The molecule has 162 valence electrons. The molecular weight excluding hydrogens is 548 g/mol. The highest BCUT2D eigenvalue weighted by Crippen LogP contribution is 2.40. The summed E-state index contributed by atoms with van der Waals surface area (Å²) in [5.74, 6) is 0. The van der Waals surface area contributed by atoms with Gasteiger partial charge in [-0.3, -0.25) is 0 Å². The van der Waals surface area contributed by atoms with E-state index in [9.17, 15) is 0 Å². The predicted molar refractivity (Wildman–Crippen MR) is 151 cm³/mol. The van der Waals surface area contributed by atoms with E-state index in [4.69, 9.17) is 0 Å². The summed E-state index contributed by atoms with van der Waals surface area (Å²) in [5.41, 5.74) is 7.14. The van der Waals surface area contributed by atoms with Crippen molar-refractivity contribution in [1.82, 2.24) is 9.13 Å². The molecule has 0 aliphatic rings. The van der Waals surface area contributed by atoms with Crippen molar-refractivity contribution in [3.8, 4) is 11.4 Å². The molecule has 0 unspecified atom stereocenters. The van der Waals surface area contributed by atoms with Gasteiger partial charge in [-0.25, -0.2) is 0 Å². The Bertz CT molecular complexity index is 1880. The molecule has 0 saturated heterocycles. The second-order valence-corrected chi connectivity index (χ2v) is 10.3. The van der Waals surface area contributed by atoms with Crippen LogP contribution in [0, 0.1) is 0 Å². The molecule has 2 heterocycles. The number of fused-ring (bicyclic) bond motifs is 6. The number of benzene rings is 5. The molecule has 0 bridgehead atoms. The van der Waals surface area contributed by atoms with Crippen LogP contribution in [0.5, 0.6) is 0 Å². The maximum Gasteiger partial charge on any atom is 0.0562 e. The molecule has 0 aliphatic carbocycles. The molecule has 0 N–H and O–H groups in total. The van der Waals surface area contributed by atoms with Gasteiger partial charge in [0.05, 0.1) is 27.8 Å².